The van der Waals surface area contributed by atoms with Gasteiger partial charge in [-0.1, -0.05) is 6.92 Å². The number of hydrogen-bond acceptors (Lipinski definition) is 4. The SMILES string of the molecule is CCOC(=O)C1CCN(C2CC3CCC(CC)(C2)N3)CC1. The smallest absolute Gasteiger partial charge is 0.309 e. The van der Waals surface area contributed by atoms with Crippen molar-refractivity contribution < 1.29 is 9.53 Å². The molecule has 0 saturated carbocycles. The van der Waals surface area contributed by atoms with Crippen LogP contribution in [0.2, 0.25) is 0 Å². The number of ether oxygens (including phenoxy) is 1. The number of carbonyl (C=O) groups excluding carboxylic acids is 1. The molecule has 1 N–H and O–H groups in total. The van der Waals surface area contributed by atoms with Crippen LogP contribution in [0.5, 0.6) is 0 Å². The Balaban J connectivity index is 1.54. The number of nitrogens with one attached hydrogen (secondary N) is 1. The molecular weight excluding hydrogens is 264 g/mol. The molecule has 120 valence electrons. The Bertz CT molecular complexity index is 379. The first-order valence-electron chi connectivity index (χ1n) is 8.84. The molecule has 0 aromatic heterocycles. The van der Waals surface area contributed by atoms with Crippen molar-refractivity contribution in [1.29, 1.82) is 0 Å². The minimum atomic E-state index is 0.0209. The van der Waals surface area contributed by atoms with E-state index in [4.69, 9.17) is 4.74 Å². The van der Waals surface area contributed by atoms with Gasteiger partial charge in [0.2, 0.25) is 0 Å². The fraction of sp³-hybridized carbons (Fsp3) is 0.941. The van der Waals surface area contributed by atoms with Gasteiger partial charge in [0.05, 0.1) is 12.5 Å². The maximum Gasteiger partial charge on any atom is 0.309 e. The zero-order valence-corrected chi connectivity index (χ0v) is 13.6. The molecule has 3 heterocycles. The van der Waals surface area contributed by atoms with Gasteiger partial charge in [0.15, 0.2) is 0 Å². The van der Waals surface area contributed by atoms with Gasteiger partial charge in [-0.15, -0.1) is 0 Å². The zero-order chi connectivity index (χ0) is 14.9. The second-order valence-electron chi connectivity index (χ2n) is 7.17. The van der Waals surface area contributed by atoms with E-state index in [2.05, 4.69) is 17.1 Å². The Morgan fingerprint density at radius 2 is 2.05 bits per heavy atom. The van der Waals surface area contributed by atoms with E-state index in [-0.39, 0.29) is 11.9 Å². The Labute approximate surface area is 128 Å². The van der Waals surface area contributed by atoms with Crippen LogP contribution in [-0.4, -0.2) is 48.2 Å². The molecule has 0 aromatic carbocycles. The van der Waals surface area contributed by atoms with Crippen LogP contribution in [0, 0.1) is 5.92 Å². The van der Waals surface area contributed by atoms with Crippen molar-refractivity contribution >= 4 is 5.97 Å². The third-order valence-electron chi connectivity index (χ3n) is 6.01. The van der Waals surface area contributed by atoms with Gasteiger partial charge in [-0.2, -0.15) is 0 Å². The van der Waals surface area contributed by atoms with E-state index in [1.807, 2.05) is 6.92 Å². The minimum absolute atomic E-state index is 0.0209. The quantitative estimate of drug-likeness (QED) is 0.808. The summed E-state index contributed by atoms with van der Waals surface area (Å²) in [7, 11) is 0. The molecule has 3 saturated heterocycles. The summed E-state index contributed by atoms with van der Waals surface area (Å²) in [5.41, 5.74) is 0.408. The van der Waals surface area contributed by atoms with Crippen LogP contribution < -0.4 is 5.32 Å². The monoisotopic (exact) mass is 294 g/mol. The Morgan fingerprint density at radius 3 is 2.71 bits per heavy atom. The van der Waals surface area contributed by atoms with E-state index in [0.29, 0.717) is 12.1 Å². The highest BCUT2D eigenvalue weighted by atomic mass is 16.5. The largest absolute Gasteiger partial charge is 0.466 e. The highest BCUT2D eigenvalue weighted by Gasteiger charge is 2.45. The summed E-state index contributed by atoms with van der Waals surface area (Å²) >= 11 is 0. The van der Waals surface area contributed by atoms with Crippen molar-refractivity contribution in [2.75, 3.05) is 19.7 Å². The first-order valence-corrected chi connectivity index (χ1v) is 8.84. The van der Waals surface area contributed by atoms with Crippen LogP contribution in [0.25, 0.3) is 0 Å². The average Bonchev–Trinajstić information content (AvgIpc) is 2.83. The molecule has 0 amide bonds. The molecule has 3 rings (SSSR count). The van der Waals surface area contributed by atoms with E-state index in [9.17, 15) is 4.79 Å². The van der Waals surface area contributed by atoms with E-state index < -0.39 is 0 Å². The van der Waals surface area contributed by atoms with Crippen molar-refractivity contribution in [3.63, 3.8) is 0 Å². The predicted octanol–water partition coefficient (Wildman–Crippen LogP) is 2.32. The molecule has 3 unspecified atom stereocenters. The number of carbonyl (C=O) groups is 1. The van der Waals surface area contributed by atoms with Crippen LogP contribution >= 0.6 is 0 Å². The molecule has 3 atom stereocenters. The summed E-state index contributed by atoms with van der Waals surface area (Å²) in [6.07, 6.45) is 8.50. The highest BCUT2D eigenvalue weighted by molar-refractivity contribution is 5.72. The standard InChI is InChI=1S/C17H30N2O2/c1-3-17-8-5-14(18-17)11-15(12-17)19-9-6-13(7-10-19)16(20)21-4-2/h13-15,18H,3-12H2,1-2H3. The lowest BCUT2D eigenvalue weighted by molar-refractivity contribution is -0.150. The van der Waals surface area contributed by atoms with Gasteiger partial charge in [0.25, 0.3) is 0 Å². The van der Waals surface area contributed by atoms with Crippen molar-refractivity contribution in [2.45, 2.75) is 76.4 Å². The second-order valence-corrected chi connectivity index (χ2v) is 7.17. The van der Waals surface area contributed by atoms with Gasteiger partial charge in [0, 0.05) is 17.6 Å². The minimum Gasteiger partial charge on any atom is -0.466 e. The molecule has 3 fully saturated rings. The molecule has 0 radical (unpaired) electrons. The van der Waals surface area contributed by atoms with Crippen LogP contribution in [0.1, 0.15) is 58.8 Å². The summed E-state index contributed by atoms with van der Waals surface area (Å²) in [5, 5.41) is 3.87. The number of rotatable bonds is 4. The molecular formula is C17H30N2O2. The molecule has 3 aliphatic rings. The van der Waals surface area contributed by atoms with Gasteiger partial charge in [-0.25, -0.2) is 0 Å². The van der Waals surface area contributed by atoms with Crippen molar-refractivity contribution in [1.82, 2.24) is 10.2 Å². The van der Waals surface area contributed by atoms with Gasteiger partial charge in [-0.3, -0.25) is 4.79 Å². The maximum atomic E-state index is 11.8. The van der Waals surface area contributed by atoms with E-state index in [0.717, 1.165) is 38.0 Å². The Hall–Kier alpha value is -0.610. The van der Waals surface area contributed by atoms with Gasteiger partial charge in [-0.05, 0) is 65.0 Å². The van der Waals surface area contributed by atoms with Crippen molar-refractivity contribution in [3.05, 3.63) is 0 Å². The summed E-state index contributed by atoms with van der Waals surface area (Å²) in [4.78, 5) is 14.5. The van der Waals surface area contributed by atoms with E-state index in [1.165, 1.54) is 32.1 Å². The first kappa shape index (κ1) is 15.3. The fourth-order valence-corrected chi connectivity index (χ4v) is 4.69. The Morgan fingerprint density at radius 1 is 1.29 bits per heavy atom. The predicted molar refractivity (Wildman–Crippen MR) is 83.1 cm³/mol. The molecule has 4 nitrogen and oxygen atoms in total. The third kappa shape index (κ3) is 3.11. The van der Waals surface area contributed by atoms with Crippen LogP contribution in [0.3, 0.4) is 0 Å². The lowest BCUT2D eigenvalue weighted by atomic mass is 9.83. The van der Waals surface area contributed by atoms with E-state index >= 15 is 0 Å². The second kappa shape index (κ2) is 6.25. The summed E-state index contributed by atoms with van der Waals surface area (Å²) in [6.45, 7) is 6.86. The Kier molecular flexibility index (Phi) is 4.55. The molecule has 0 spiro atoms. The summed E-state index contributed by atoms with van der Waals surface area (Å²) in [6, 6.07) is 1.45. The number of nitrogens with zero attached hydrogens (tertiary/aromatic N) is 1. The van der Waals surface area contributed by atoms with Gasteiger partial charge in [0.1, 0.15) is 0 Å². The molecule has 0 aliphatic carbocycles. The molecule has 3 aliphatic heterocycles. The van der Waals surface area contributed by atoms with Crippen LogP contribution in [-0.2, 0) is 9.53 Å². The molecule has 2 bridgehead atoms. The fourth-order valence-electron chi connectivity index (χ4n) is 4.69. The lowest BCUT2D eigenvalue weighted by Gasteiger charge is -2.45. The van der Waals surface area contributed by atoms with Crippen molar-refractivity contribution in [3.8, 4) is 0 Å². The van der Waals surface area contributed by atoms with E-state index in [1.54, 1.807) is 0 Å². The number of hydrogen-bond donors (Lipinski definition) is 1. The average molecular weight is 294 g/mol. The zero-order valence-electron chi connectivity index (χ0n) is 13.6. The first-order chi connectivity index (χ1) is 10.2. The number of piperidine rings is 2. The summed E-state index contributed by atoms with van der Waals surface area (Å²) < 4.78 is 5.17. The topological polar surface area (TPSA) is 41.6 Å². The van der Waals surface area contributed by atoms with Crippen LogP contribution in [0.15, 0.2) is 0 Å². The molecule has 21 heavy (non-hydrogen) atoms. The maximum absolute atomic E-state index is 11.8. The van der Waals surface area contributed by atoms with Crippen molar-refractivity contribution in [2.24, 2.45) is 5.92 Å². The van der Waals surface area contributed by atoms with Gasteiger partial charge < -0.3 is 15.0 Å². The number of fused-ring (bicyclic) bond motifs is 2. The van der Waals surface area contributed by atoms with Crippen LogP contribution in [0.4, 0.5) is 0 Å². The normalized spacial score (nSPS) is 37.6. The lowest BCUT2D eigenvalue weighted by Crippen LogP contribution is -2.56. The molecule has 4 heteroatoms. The highest BCUT2D eigenvalue weighted by Crippen LogP contribution is 2.40. The third-order valence-corrected chi connectivity index (χ3v) is 6.01. The summed E-state index contributed by atoms with van der Waals surface area (Å²) in [5.74, 6) is 0.160. The number of likely N-dealkylation sites (tertiary alicyclic amines) is 1. The van der Waals surface area contributed by atoms with Gasteiger partial charge >= 0.3 is 5.97 Å². The number of esters is 1. The molecule has 0 aromatic rings.